The van der Waals surface area contributed by atoms with Crippen LogP contribution in [0.25, 0.3) is 0 Å². The first kappa shape index (κ1) is 22.8. The Morgan fingerprint density at radius 3 is 2.55 bits per heavy atom. The van der Waals surface area contributed by atoms with Gasteiger partial charge in [-0.3, -0.25) is 9.79 Å². The average molecular weight is 405 g/mol. The molecule has 162 valence electrons. The van der Waals surface area contributed by atoms with Crippen LogP contribution in [-0.2, 0) is 11.2 Å². The van der Waals surface area contributed by atoms with Crippen LogP contribution < -0.4 is 25.4 Å². The fourth-order valence-electron chi connectivity index (χ4n) is 2.88. The van der Waals surface area contributed by atoms with Gasteiger partial charge in [0.1, 0.15) is 0 Å². The van der Waals surface area contributed by atoms with Crippen LogP contribution in [-0.4, -0.2) is 50.8 Å². The Labute approximate surface area is 174 Å². The van der Waals surface area contributed by atoms with Crippen molar-refractivity contribution in [3.63, 3.8) is 0 Å². The summed E-state index contributed by atoms with van der Waals surface area (Å²) < 4.78 is 11.3. The van der Waals surface area contributed by atoms with Crippen molar-refractivity contribution in [2.75, 3.05) is 32.8 Å². The van der Waals surface area contributed by atoms with E-state index < -0.39 is 0 Å². The zero-order valence-electron chi connectivity index (χ0n) is 18.1. The van der Waals surface area contributed by atoms with E-state index in [0.717, 1.165) is 56.2 Å². The number of ether oxygens (including phenoxy) is 2. The van der Waals surface area contributed by atoms with Crippen molar-refractivity contribution < 1.29 is 14.3 Å². The molecule has 1 fully saturated rings. The van der Waals surface area contributed by atoms with Crippen LogP contribution in [0.15, 0.2) is 23.2 Å². The minimum absolute atomic E-state index is 0.140. The topological polar surface area (TPSA) is 84.0 Å². The van der Waals surface area contributed by atoms with Gasteiger partial charge in [-0.15, -0.1) is 0 Å². The summed E-state index contributed by atoms with van der Waals surface area (Å²) in [7, 11) is 0. The molecule has 2 rings (SSSR count). The largest absolute Gasteiger partial charge is 0.490 e. The van der Waals surface area contributed by atoms with Crippen molar-refractivity contribution in [3.8, 4) is 11.5 Å². The molecular weight excluding hydrogens is 368 g/mol. The molecule has 3 N–H and O–H groups in total. The van der Waals surface area contributed by atoms with Gasteiger partial charge in [0.15, 0.2) is 17.5 Å². The second kappa shape index (κ2) is 12.9. The lowest BCUT2D eigenvalue weighted by atomic mass is 10.1. The van der Waals surface area contributed by atoms with Gasteiger partial charge in [0, 0.05) is 32.1 Å². The number of guanidine groups is 1. The Kier molecular flexibility index (Phi) is 10.2. The summed E-state index contributed by atoms with van der Waals surface area (Å²) in [5.41, 5.74) is 1.18. The summed E-state index contributed by atoms with van der Waals surface area (Å²) in [6.07, 6.45) is 4.38. The van der Waals surface area contributed by atoms with Crippen LogP contribution in [0.5, 0.6) is 11.5 Å². The van der Waals surface area contributed by atoms with Crippen molar-refractivity contribution in [1.29, 1.82) is 0 Å². The van der Waals surface area contributed by atoms with Crippen LogP contribution in [0.4, 0.5) is 0 Å². The van der Waals surface area contributed by atoms with Gasteiger partial charge in [-0.25, -0.2) is 0 Å². The predicted octanol–water partition coefficient (Wildman–Crippen LogP) is 2.64. The fourth-order valence-corrected chi connectivity index (χ4v) is 2.88. The van der Waals surface area contributed by atoms with Gasteiger partial charge < -0.3 is 25.4 Å². The fraction of sp³-hybridized carbons (Fsp3) is 0.636. The van der Waals surface area contributed by atoms with Gasteiger partial charge in [-0.1, -0.05) is 6.07 Å². The highest BCUT2D eigenvalue weighted by atomic mass is 16.5. The van der Waals surface area contributed by atoms with Crippen LogP contribution in [0.1, 0.15) is 52.0 Å². The van der Waals surface area contributed by atoms with Gasteiger partial charge in [-0.2, -0.15) is 0 Å². The summed E-state index contributed by atoms with van der Waals surface area (Å²) in [5, 5.41) is 9.61. The first-order valence-corrected chi connectivity index (χ1v) is 10.9. The number of carbonyl (C=O) groups excluding carboxylic acids is 1. The lowest BCUT2D eigenvalue weighted by molar-refractivity contribution is -0.121. The van der Waals surface area contributed by atoms with Crippen LogP contribution >= 0.6 is 0 Å². The molecule has 0 aromatic heterocycles. The summed E-state index contributed by atoms with van der Waals surface area (Å²) >= 11 is 0. The van der Waals surface area contributed by atoms with E-state index in [1.165, 1.54) is 5.56 Å². The third kappa shape index (κ3) is 9.07. The zero-order valence-corrected chi connectivity index (χ0v) is 18.1. The van der Waals surface area contributed by atoms with Crippen molar-refractivity contribution >= 4 is 11.9 Å². The van der Waals surface area contributed by atoms with E-state index in [1.807, 2.05) is 32.9 Å². The van der Waals surface area contributed by atoms with Gasteiger partial charge >= 0.3 is 0 Å². The van der Waals surface area contributed by atoms with Gasteiger partial charge in [-0.05, 0) is 64.2 Å². The average Bonchev–Trinajstić information content (AvgIpc) is 3.51. The predicted molar refractivity (Wildman–Crippen MR) is 117 cm³/mol. The molecule has 29 heavy (non-hydrogen) atoms. The van der Waals surface area contributed by atoms with Crippen LogP contribution in [0.2, 0.25) is 0 Å². The quantitative estimate of drug-likeness (QED) is 0.267. The number of nitrogens with one attached hydrogen (secondary N) is 3. The number of rotatable bonds is 13. The normalized spacial score (nSPS) is 13.7. The Morgan fingerprint density at radius 2 is 1.86 bits per heavy atom. The van der Waals surface area contributed by atoms with Gasteiger partial charge in [0.05, 0.1) is 13.2 Å². The third-order valence-electron chi connectivity index (χ3n) is 4.43. The first-order chi connectivity index (χ1) is 14.2. The minimum Gasteiger partial charge on any atom is -0.490 e. The first-order valence-electron chi connectivity index (χ1n) is 10.9. The molecule has 1 aliphatic rings. The van der Waals surface area contributed by atoms with E-state index in [-0.39, 0.29) is 5.91 Å². The van der Waals surface area contributed by atoms with E-state index >= 15 is 0 Å². The molecule has 1 aromatic carbocycles. The highest BCUT2D eigenvalue weighted by Crippen LogP contribution is 2.28. The van der Waals surface area contributed by atoms with E-state index in [1.54, 1.807) is 0 Å². The Morgan fingerprint density at radius 1 is 1.10 bits per heavy atom. The molecule has 1 aromatic rings. The molecular formula is C22H36N4O3. The van der Waals surface area contributed by atoms with Crippen molar-refractivity contribution in [3.05, 3.63) is 23.8 Å². The number of amides is 1. The number of hydrogen-bond donors (Lipinski definition) is 3. The lowest BCUT2D eigenvalue weighted by Crippen LogP contribution is -2.38. The van der Waals surface area contributed by atoms with Crippen molar-refractivity contribution in [1.82, 2.24) is 16.0 Å². The molecule has 0 spiro atoms. The van der Waals surface area contributed by atoms with Gasteiger partial charge in [0.2, 0.25) is 5.91 Å². The lowest BCUT2D eigenvalue weighted by Gasteiger charge is -2.14. The monoisotopic (exact) mass is 404 g/mol. The van der Waals surface area contributed by atoms with E-state index in [4.69, 9.17) is 9.47 Å². The molecule has 0 heterocycles. The van der Waals surface area contributed by atoms with Crippen molar-refractivity contribution in [2.24, 2.45) is 4.99 Å². The standard InChI is InChI=1S/C22H36N4O3/c1-4-23-22(24-14-7-8-21(27)26-18-10-11-18)25-15-13-17-9-12-19(28-5-2)20(16-17)29-6-3/h9,12,16,18H,4-8,10-11,13-15H2,1-3H3,(H,26,27)(H2,23,24,25). The van der Waals surface area contributed by atoms with E-state index in [2.05, 4.69) is 27.0 Å². The van der Waals surface area contributed by atoms with Gasteiger partial charge in [0.25, 0.3) is 0 Å². The summed E-state index contributed by atoms with van der Waals surface area (Å²) in [4.78, 5) is 16.3. The maximum Gasteiger partial charge on any atom is 0.220 e. The van der Waals surface area contributed by atoms with Crippen molar-refractivity contribution in [2.45, 2.75) is 58.9 Å². The molecule has 0 radical (unpaired) electrons. The molecule has 7 nitrogen and oxygen atoms in total. The number of hydrogen-bond acceptors (Lipinski definition) is 4. The number of nitrogens with zero attached hydrogens (tertiary/aromatic N) is 1. The molecule has 0 atom stereocenters. The summed E-state index contributed by atoms with van der Waals surface area (Å²) in [5.74, 6) is 2.50. The number of benzene rings is 1. The molecule has 0 bridgehead atoms. The van der Waals surface area contributed by atoms with E-state index in [0.29, 0.717) is 32.2 Å². The van der Waals surface area contributed by atoms with Crippen LogP contribution in [0, 0.1) is 0 Å². The molecule has 1 aliphatic carbocycles. The second-order valence-corrected chi connectivity index (χ2v) is 7.03. The zero-order chi connectivity index (χ0) is 20.9. The molecule has 0 saturated heterocycles. The third-order valence-corrected chi connectivity index (χ3v) is 4.43. The smallest absolute Gasteiger partial charge is 0.220 e. The highest BCUT2D eigenvalue weighted by Gasteiger charge is 2.22. The van der Waals surface area contributed by atoms with Crippen LogP contribution in [0.3, 0.4) is 0 Å². The maximum atomic E-state index is 11.7. The molecule has 1 amide bonds. The highest BCUT2D eigenvalue weighted by molar-refractivity contribution is 5.80. The Bertz CT molecular complexity index is 659. The Hall–Kier alpha value is -2.44. The maximum absolute atomic E-state index is 11.7. The molecule has 7 heteroatoms. The molecule has 1 saturated carbocycles. The SMILES string of the molecule is CCNC(=NCCCC(=O)NC1CC1)NCCc1ccc(OCC)c(OCC)c1. The Balaban J connectivity index is 1.77. The number of aliphatic imine (C=N–C) groups is 1. The summed E-state index contributed by atoms with van der Waals surface area (Å²) in [6, 6.07) is 6.50. The second-order valence-electron chi connectivity index (χ2n) is 7.03. The summed E-state index contributed by atoms with van der Waals surface area (Å²) in [6.45, 7) is 9.39. The molecule has 0 aliphatic heterocycles. The van der Waals surface area contributed by atoms with E-state index in [9.17, 15) is 4.79 Å². The minimum atomic E-state index is 0.140. The molecule has 0 unspecified atom stereocenters. The number of carbonyl (C=O) groups is 1.